The molecule has 0 aliphatic carbocycles. The number of hydrogen-bond acceptors (Lipinski definition) is 3. The van der Waals surface area contributed by atoms with E-state index in [9.17, 15) is 0 Å². The number of thiocarbonyl (C=S) groups is 1. The summed E-state index contributed by atoms with van der Waals surface area (Å²) in [6.45, 7) is 0.495. The minimum absolute atomic E-state index is 0.122. The van der Waals surface area contributed by atoms with Gasteiger partial charge in [0.25, 0.3) is 0 Å². The van der Waals surface area contributed by atoms with Crippen LogP contribution in [0.25, 0.3) is 0 Å². The topological polar surface area (TPSA) is 59.6 Å². The predicted octanol–water partition coefficient (Wildman–Crippen LogP) is 3.96. The SMILES string of the molecule is NC(=S)N/N=C\c1cc(Br)c(OCc2ccccc2)c(Br)c1. The van der Waals surface area contributed by atoms with E-state index in [1.807, 2.05) is 42.5 Å². The first-order valence-corrected chi connectivity index (χ1v) is 8.30. The molecule has 0 aliphatic rings. The van der Waals surface area contributed by atoms with E-state index < -0.39 is 0 Å². The van der Waals surface area contributed by atoms with Gasteiger partial charge in [-0.25, -0.2) is 0 Å². The number of nitrogens with one attached hydrogen (secondary N) is 1. The zero-order valence-corrected chi connectivity index (χ0v) is 15.4. The number of rotatable bonds is 5. The largest absolute Gasteiger partial charge is 0.487 e. The first-order chi connectivity index (χ1) is 10.6. The summed E-state index contributed by atoms with van der Waals surface area (Å²) in [5.41, 5.74) is 9.79. The number of ether oxygens (including phenoxy) is 1. The van der Waals surface area contributed by atoms with Crippen LogP contribution in [0, 0.1) is 0 Å². The summed E-state index contributed by atoms with van der Waals surface area (Å²) in [5, 5.41) is 4.05. The fourth-order valence-corrected chi connectivity index (χ4v) is 3.20. The molecule has 0 aromatic heterocycles. The smallest absolute Gasteiger partial charge is 0.184 e. The van der Waals surface area contributed by atoms with Crippen molar-refractivity contribution in [3.8, 4) is 5.75 Å². The summed E-state index contributed by atoms with van der Waals surface area (Å²) >= 11 is 11.7. The zero-order chi connectivity index (χ0) is 15.9. The normalized spacial score (nSPS) is 10.6. The van der Waals surface area contributed by atoms with Gasteiger partial charge in [-0.1, -0.05) is 30.3 Å². The van der Waals surface area contributed by atoms with Crippen molar-refractivity contribution in [2.24, 2.45) is 10.8 Å². The van der Waals surface area contributed by atoms with Crippen molar-refractivity contribution in [3.05, 3.63) is 62.5 Å². The molecule has 2 aromatic carbocycles. The van der Waals surface area contributed by atoms with Crippen LogP contribution in [0.3, 0.4) is 0 Å². The van der Waals surface area contributed by atoms with E-state index >= 15 is 0 Å². The van der Waals surface area contributed by atoms with Crippen molar-refractivity contribution in [3.63, 3.8) is 0 Å². The Balaban J connectivity index is 2.09. The Bertz CT molecular complexity index is 669. The highest BCUT2D eigenvalue weighted by atomic mass is 79.9. The highest BCUT2D eigenvalue weighted by Crippen LogP contribution is 2.35. The molecule has 0 heterocycles. The van der Waals surface area contributed by atoms with Gasteiger partial charge < -0.3 is 10.5 Å². The summed E-state index contributed by atoms with van der Waals surface area (Å²) in [5.74, 6) is 0.739. The predicted molar refractivity (Wildman–Crippen MR) is 100 cm³/mol. The molecular weight excluding hydrogens is 430 g/mol. The Hall–Kier alpha value is -1.44. The van der Waals surface area contributed by atoms with Crippen molar-refractivity contribution < 1.29 is 4.74 Å². The van der Waals surface area contributed by atoms with Crippen molar-refractivity contribution in [1.29, 1.82) is 0 Å². The van der Waals surface area contributed by atoms with Crippen LogP contribution in [-0.2, 0) is 6.61 Å². The van der Waals surface area contributed by atoms with Crippen LogP contribution in [0.5, 0.6) is 5.75 Å². The number of hydrogen-bond donors (Lipinski definition) is 2. The van der Waals surface area contributed by atoms with Crippen molar-refractivity contribution >= 4 is 55.4 Å². The van der Waals surface area contributed by atoms with Crippen molar-refractivity contribution in [2.45, 2.75) is 6.61 Å². The van der Waals surface area contributed by atoms with Gasteiger partial charge in [0, 0.05) is 0 Å². The molecule has 4 nitrogen and oxygen atoms in total. The summed E-state index contributed by atoms with van der Waals surface area (Å²) < 4.78 is 7.51. The molecule has 0 saturated heterocycles. The molecular formula is C15H13Br2N3OS. The molecule has 2 aromatic rings. The summed E-state index contributed by atoms with van der Waals surface area (Å²) in [6.07, 6.45) is 1.62. The lowest BCUT2D eigenvalue weighted by molar-refractivity contribution is 0.302. The van der Waals surface area contributed by atoms with Gasteiger partial charge in [0.15, 0.2) is 5.11 Å². The number of benzene rings is 2. The van der Waals surface area contributed by atoms with Gasteiger partial charge in [0.05, 0.1) is 15.2 Å². The van der Waals surface area contributed by atoms with Gasteiger partial charge in [-0.3, -0.25) is 5.43 Å². The maximum absolute atomic E-state index is 5.86. The minimum atomic E-state index is 0.122. The van der Waals surface area contributed by atoms with Crippen LogP contribution in [0.1, 0.15) is 11.1 Å². The van der Waals surface area contributed by atoms with Crippen LogP contribution < -0.4 is 15.9 Å². The number of nitrogens with zero attached hydrogens (tertiary/aromatic N) is 1. The highest BCUT2D eigenvalue weighted by molar-refractivity contribution is 9.11. The number of nitrogens with two attached hydrogens (primary N) is 1. The van der Waals surface area contributed by atoms with Gasteiger partial charge in [-0.2, -0.15) is 5.10 Å². The van der Waals surface area contributed by atoms with E-state index in [2.05, 4.69) is 54.6 Å². The zero-order valence-electron chi connectivity index (χ0n) is 11.4. The van der Waals surface area contributed by atoms with E-state index in [1.54, 1.807) is 6.21 Å². The summed E-state index contributed by atoms with van der Waals surface area (Å²) in [4.78, 5) is 0. The monoisotopic (exact) mass is 441 g/mol. The molecule has 0 unspecified atom stereocenters. The second kappa shape index (κ2) is 8.26. The van der Waals surface area contributed by atoms with E-state index in [-0.39, 0.29) is 5.11 Å². The Kier molecular flexibility index (Phi) is 6.35. The fraction of sp³-hybridized carbons (Fsp3) is 0.0667. The van der Waals surface area contributed by atoms with Crippen LogP contribution in [0.2, 0.25) is 0 Å². The lowest BCUT2D eigenvalue weighted by Gasteiger charge is -2.11. The Morgan fingerprint density at radius 3 is 2.45 bits per heavy atom. The molecule has 0 fully saturated rings. The Morgan fingerprint density at radius 1 is 1.23 bits per heavy atom. The Labute approximate surface area is 151 Å². The molecule has 7 heteroatoms. The molecule has 114 valence electrons. The van der Waals surface area contributed by atoms with Gasteiger partial charge in [0.1, 0.15) is 12.4 Å². The van der Waals surface area contributed by atoms with E-state index in [1.165, 1.54) is 0 Å². The van der Waals surface area contributed by atoms with Crippen LogP contribution in [0.15, 0.2) is 56.5 Å². The second-order valence-corrected chi connectivity index (χ2v) is 6.47. The first-order valence-electron chi connectivity index (χ1n) is 6.30. The average Bonchev–Trinajstić information content (AvgIpc) is 2.47. The van der Waals surface area contributed by atoms with Crippen LogP contribution in [0.4, 0.5) is 0 Å². The maximum atomic E-state index is 5.86. The molecule has 2 rings (SSSR count). The molecule has 22 heavy (non-hydrogen) atoms. The molecule has 0 saturated carbocycles. The highest BCUT2D eigenvalue weighted by Gasteiger charge is 2.08. The lowest BCUT2D eigenvalue weighted by atomic mass is 10.2. The van der Waals surface area contributed by atoms with E-state index in [4.69, 9.17) is 10.5 Å². The number of hydrazone groups is 1. The van der Waals surface area contributed by atoms with Gasteiger partial charge >= 0.3 is 0 Å². The minimum Gasteiger partial charge on any atom is -0.487 e. The third-order valence-corrected chi connectivity index (χ3v) is 3.90. The fourth-order valence-electron chi connectivity index (χ4n) is 1.69. The second-order valence-electron chi connectivity index (χ2n) is 4.32. The average molecular weight is 443 g/mol. The van der Waals surface area contributed by atoms with E-state index in [0.29, 0.717) is 6.61 Å². The molecule has 0 bridgehead atoms. The third kappa shape index (κ3) is 5.08. The molecule has 0 radical (unpaired) electrons. The first kappa shape index (κ1) is 16.9. The summed E-state index contributed by atoms with van der Waals surface area (Å²) in [7, 11) is 0. The van der Waals surface area contributed by atoms with Crippen molar-refractivity contribution in [2.75, 3.05) is 0 Å². The van der Waals surface area contributed by atoms with Gasteiger partial charge in [0.2, 0.25) is 0 Å². The van der Waals surface area contributed by atoms with Crippen molar-refractivity contribution in [1.82, 2.24) is 5.43 Å². The van der Waals surface area contributed by atoms with Crippen LogP contribution in [-0.4, -0.2) is 11.3 Å². The van der Waals surface area contributed by atoms with Gasteiger partial charge in [-0.05, 0) is 67.3 Å². The quantitative estimate of drug-likeness (QED) is 0.418. The summed E-state index contributed by atoms with van der Waals surface area (Å²) in [6, 6.07) is 13.8. The number of halogens is 2. The molecule has 0 aliphatic heterocycles. The van der Waals surface area contributed by atoms with E-state index in [0.717, 1.165) is 25.8 Å². The molecule has 0 spiro atoms. The molecule has 0 atom stereocenters. The van der Waals surface area contributed by atoms with Gasteiger partial charge in [-0.15, -0.1) is 0 Å². The standard InChI is InChI=1S/C15H13Br2N3OS/c16-12-6-11(8-19-20-15(18)22)7-13(17)14(12)21-9-10-4-2-1-3-5-10/h1-8H,9H2,(H3,18,20,22)/b19-8-. The Morgan fingerprint density at radius 2 is 1.86 bits per heavy atom. The lowest BCUT2D eigenvalue weighted by Crippen LogP contribution is -2.23. The third-order valence-electron chi connectivity index (χ3n) is 2.63. The maximum Gasteiger partial charge on any atom is 0.184 e. The molecule has 0 amide bonds. The molecule has 3 N–H and O–H groups in total. The van der Waals surface area contributed by atoms with Crippen LogP contribution >= 0.6 is 44.1 Å².